The van der Waals surface area contributed by atoms with Gasteiger partial charge < -0.3 is 9.64 Å². The molecule has 76 valence electrons. The molecule has 0 N–H and O–H groups in total. The lowest BCUT2D eigenvalue weighted by atomic mass is 9.96. The predicted molar refractivity (Wildman–Crippen MR) is 55.1 cm³/mol. The summed E-state index contributed by atoms with van der Waals surface area (Å²) in [6.07, 6.45) is 3.38. The van der Waals surface area contributed by atoms with E-state index >= 15 is 0 Å². The smallest absolute Gasteiger partial charge is 0.289 e. The first-order valence-electron chi connectivity index (χ1n) is 4.68. The number of hydrogen-bond acceptors (Lipinski definition) is 2. The number of amides is 1. The van der Waals surface area contributed by atoms with Gasteiger partial charge in [-0.3, -0.25) is 4.79 Å². The Morgan fingerprint density at radius 3 is 2.69 bits per heavy atom. The Balaban J connectivity index is 2.13. The van der Waals surface area contributed by atoms with Gasteiger partial charge in [-0.25, -0.2) is 0 Å². The van der Waals surface area contributed by atoms with Crippen LogP contribution < -0.4 is 0 Å². The fraction of sp³-hybridized carbons (Fsp3) is 0.889. The van der Waals surface area contributed by atoms with E-state index in [1.807, 2.05) is 7.05 Å². The third-order valence-electron chi connectivity index (χ3n) is 2.51. The van der Waals surface area contributed by atoms with E-state index in [-0.39, 0.29) is 4.82 Å². The molecule has 1 heterocycles. The molecule has 1 rings (SSSR count). The van der Waals surface area contributed by atoms with Crippen LogP contribution in [0.15, 0.2) is 0 Å². The molecular formula is C9H16BrNO2. The summed E-state index contributed by atoms with van der Waals surface area (Å²) < 4.78 is 5.26. The van der Waals surface area contributed by atoms with E-state index in [2.05, 4.69) is 15.9 Å². The molecule has 1 saturated heterocycles. The van der Waals surface area contributed by atoms with Gasteiger partial charge in [0.25, 0.3) is 4.82 Å². The summed E-state index contributed by atoms with van der Waals surface area (Å²) in [5, 5.41) is 0. The SMILES string of the molecule is CN(CCC1CCOCC1)C(=O)Br. The highest BCUT2D eigenvalue weighted by atomic mass is 79.9. The van der Waals surface area contributed by atoms with Crippen LogP contribution in [0.1, 0.15) is 19.3 Å². The minimum absolute atomic E-state index is 0.0282. The van der Waals surface area contributed by atoms with E-state index in [4.69, 9.17) is 4.74 Å². The first-order chi connectivity index (χ1) is 6.20. The molecule has 0 atom stereocenters. The topological polar surface area (TPSA) is 29.5 Å². The zero-order valence-corrected chi connectivity index (χ0v) is 9.55. The van der Waals surface area contributed by atoms with Crippen LogP contribution >= 0.6 is 15.9 Å². The van der Waals surface area contributed by atoms with Gasteiger partial charge >= 0.3 is 0 Å². The Morgan fingerprint density at radius 1 is 1.54 bits per heavy atom. The van der Waals surface area contributed by atoms with E-state index < -0.39 is 0 Å². The molecule has 0 aromatic rings. The molecule has 0 aromatic heterocycles. The molecule has 0 aliphatic carbocycles. The Kier molecular flexibility index (Phi) is 4.73. The number of halogens is 1. The predicted octanol–water partition coefficient (Wildman–Crippen LogP) is 2.25. The van der Waals surface area contributed by atoms with Gasteiger partial charge in [-0.15, -0.1) is 0 Å². The minimum atomic E-state index is -0.0282. The largest absolute Gasteiger partial charge is 0.381 e. The molecule has 0 aromatic carbocycles. The zero-order valence-electron chi connectivity index (χ0n) is 7.96. The maximum Gasteiger partial charge on any atom is 0.289 e. The van der Waals surface area contributed by atoms with Gasteiger partial charge in [0.2, 0.25) is 0 Å². The van der Waals surface area contributed by atoms with Gasteiger partial charge in [-0.05, 0) is 25.2 Å². The van der Waals surface area contributed by atoms with Crippen LogP contribution in [0.5, 0.6) is 0 Å². The maximum absolute atomic E-state index is 10.8. The average molecular weight is 250 g/mol. The second-order valence-electron chi connectivity index (χ2n) is 3.52. The summed E-state index contributed by atoms with van der Waals surface area (Å²) in [4.78, 5) is 12.5. The molecule has 0 spiro atoms. The summed E-state index contributed by atoms with van der Waals surface area (Å²) >= 11 is 2.93. The Hall–Kier alpha value is -0.0900. The number of rotatable bonds is 3. The maximum atomic E-state index is 10.8. The van der Waals surface area contributed by atoms with Crippen molar-refractivity contribution < 1.29 is 9.53 Å². The van der Waals surface area contributed by atoms with Crippen molar-refractivity contribution in [1.82, 2.24) is 4.90 Å². The van der Waals surface area contributed by atoms with Crippen molar-refractivity contribution in [2.75, 3.05) is 26.8 Å². The molecule has 1 aliphatic heterocycles. The van der Waals surface area contributed by atoms with Crippen LogP contribution in [0.3, 0.4) is 0 Å². The Morgan fingerprint density at radius 2 is 2.15 bits per heavy atom. The second kappa shape index (κ2) is 5.60. The van der Waals surface area contributed by atoms with Crippen LogP contribution in [-0.2, 0) is 4.74 Å². The molecule has 0 unspecified atom stereocenters. The van der Waals surface area contributed by atoms with Gasteiger partial charge in [0, 0.05) is 42.7 Å². The third kappa shape index (κ3) is 4.09. The van der Waals surface area contributed by atoms with E-state index in [9.17, 15) is 4.79 Å². The normalized spacial score (nSPS) is 18.6. The van der Waals surface area contributed by atoms with Crippen molar-refractivity contribution in [1.29, 1.82) is 0 Å². The summed E-state index contributed by atoms with van der Waals surface area (Å²) in [5.74, 6) is 0.739. The number of carbonyl (C=O) groups is 1. The van der Waals surface area contributed by atoms with Crippen LogP contribution in [0, 0.1) is 5.92 Å². The van der Waals surface area contributed by atoms with Crippen molar-refractivity contribution in [2.24, 2.45) is 5.92 Å². The molecule has 1 aliphatic rings. The van der Waals surface area contributed by atoms with Crippen molar-refractivity contribution in [3.05, 3.63) is 0 Å². The lowest BCUT2D eigenvalue weighted by Crippen LogP contribution is -2.25. The quantitative estimate of drug-likeness (QED) is 0.568. The van der Waals surface area contributed by atoms with Crippen LogP contribution in [-0.4, -0.2) is 36.5 Å². The van der Waals surface area contributed by atoms with E-state index in [0.717, 1.165) is 44.9 Å². The summed E-state index contributed by atoms with van der Waals surface area (Å²) in [6, 6.07) is 0. The number of ether oxygens (including phenoxy) is 1. The molecule has 1 amide bonds. The molecule has 3 nitrogen and oxygen atoms in total. The Labute approximate surface area is 87.6 Å². The number of carbonyl (C=O) groups excluding carboxylic acids is 1. The number of nitrogens with zero attached hydrogens (tertiary/aromatic N) is 1. The van der Waals surface area contributed by atoms with E-state index in [1.165, 1.54) is 0 Å². The zero-order chi connectivity index (χ0) is 9.68. The molecule has 0 bridgehead atoms. The van der Waals surface area contributed by atoms with Crippen molar-refractivity contribution >= 4 is 20.7 Å². The minimum Gasteiger partial charge on any atom is -0.381 e. The fourth-order valence-electron chi connectivity index (χ4n) is 1.50. The first kappa shape index (κ1) is 11.0. The summed E-state index contributed by atoms with van der Waals surface area (Å²) in [6.45, 7) is 2.61. The van der Waals surface area contributed by atoms with Crippen LogP contribution in [0.4, 0.5) is 4.79 Å². The third-order valence-corrected chi connectivity index (χ3v) is 3.12. The lowest BCUT2D eigenvalue weighted by molar-refractivity contribution is 0.0622. The molecule has 0 radical (unpaired) electrons. The van der Waals surface area contributed by atoms with E-state index in [1.54, 1.807) is 4.90 Å². The van der Waals surface area contributed by atoms with Gasteiger partial charge in [0.05, 0.1) is 0 Å². The lowest BCUT2D eigenvalue weighted by Gasteiger charge is -2.23. The summed E-state index contributed by atoms with van der Waals surface area (Å²) in [7, 11) is 1.82. The molecular weight excluding hydrogens is 234 g/mol. The molecule has 0 saturated carbocycles. The first-order valence-corrected chi connectivity index (χ1v) is 5.48. The van der Waals surface area contributed by atoms with Crippen LogP contribution in [0.25, 0.3) is 0 Å². The molecule has 13 heavy (non-hydrogen) atoms. The van der Waals surface area contributed by atoms with Crippen LogP contribution in [0.2, 0.25) is 0 Å². The highest BCUT2D eigenvalue weighted by molar-refractivity contribution is 9.18. The highest BCUT2D eigenvalue weighted by Crippen LogP contribution is 2.18. The molecule has 4 heteroatoms. The van der Waals surface area contributed by atoms with Gasteiger partial charge in [0.1, 0.15) is 0 Å². The van der Waals surface area contributed by atoms with Crippen molar-refractivity contribution in [3.63, 3.8) is 0 Å². The number of hydrogen-bond donors (Lipinski definition) is 0. The van der Waals surface area contributed by atoms with Crippen molar-refractivity contribution in [2.45, 2.75) is 19.3 Å². The summed E-state index contributed by atoms with van der Waals surface area (Å²) in [5.41, 5.74) is 0. The standard InChI is InChI=1S/C9H16BrNO2/c1-11(9(10)12)5-2-8-3-6-13-7-4-8/h8H,2-7H2,1H3. The second-order valence-corrected chi connectivity index (χ2v) is 4.20. The van der Waals surface area contributed by atoms with Crippen molar-refractivity contribution in [3.8, 4) is 0 Å². The average Bonchev–Trinajstić information content (AvgIpc) is 2.15. The van der Waals surface area contributed by atoms with Gasteiger partial charge in [-0.1, -0.05) is 0 Å². The van der Waals surface area contributed by atoms with Gasteiger partial charge in [-0.2, -0.15) is 0 Å². The monoisotopic (exact) mass is 249 g/mol. The molecule has 1 fully saturated rings. The highest BCUT2D eigenvalue weighted by Gasteiger charge is 2.14. The van der Waals surface area contributed by atoms with Gasteiger partial charge in [0.15, 0.2) is 0 Å². The fourth-order valence-corrected chi connectivity index (χ4v) is 1.68. The Bertz CT molecular complexity index is 169. The van der Waals surface area contributed by atoms with E-state index in [0.29, 0.717) is 0 Å².